The maximum absolute atomic E-state index is 13.3. The van der Waals surface area contributed by atoms with Crippen molar-refractivity contribution in [2.45, 2.75) is 12.5 Å². The van der Waals surface area contributed by atoms with Crippen molar-refractivity contribution >= 4 is 11.9 Å². The molecule has 136 valence electrons. The molecule has 0 N–H and O–H groups in total. The highest BCUT2D eigenvalue weighted by molar-refractivity contribution is 5.96. The second-order valence-corrected chi connectivity index (χ2v) is 6.15. The van der Waals surface area contributed by atoms with Gasteiger partial charge in [0.25, 0.3) is 5.91 Å². The molecule has 0 aliphatic carbocycles. The molecule has 0 aromatic heterocycles. The molecule has 2 aromatic carbocycles. The van der Waals surface area contributed by atoms with Crippen LogP contribution in [0.4, 0.5) is 4.39 Å². The van der Waals surface area contributed by atoms with Crippen molar-refractivity contribution in [1.82, 2.24) is 4.90 Å². The zero-order valence-corrected chi connectivity index (χ0v) is 14.5. The molecule has 5 nitrogen and oxygen atoms in total. The van der Waals surface area contributed by atoms with E-state index in [1.165, 1.54) is 19.2 Å². The molecular formula is C20H20FNO4. The number of halogens is 1. The molecule has 2 aromatic rings. The summed E-state index contributed by atoms with van der Waals surface area (Å²) in [5.74, 6) is -0.837. The first-order valence-corrected chi connectivity index (χ1v) is 8.40. The number of ether oxygens (including phenoxy) is 2. The maximum Gasteiger partial charge on any atom is 0.337 e. The highest BCUT2D eigenvalue weighted by atomic mass is 19.1. The first kappa shape index (κ1) is 18.1. The largest absolute Gasteiger partial charge is 0.465 e. The number of benzene rings is 2. The molecule has 6 heteroatoms. The minimum atomic E-state index is -0.439. The van der Waals surface area contributed by atoms with E-state index in [0.29, 0.717) is 37.2 Å². The summed E-state index contributed by atoms with van der Waals surface area (Å²) in [6.07, 6.45) is 0.367. The van der Waals surface area contributed by atoms with E-state index in [-0.39, 0.29) is 17.8 Å². The van der Waals surface area contributed by atoms with Crippen molar-refractivity contribution in [3.8, 4) is 0 Å². The smallest absolute Gasteiger partial charge is 0.337 e. The summed E-state index contributed by atoms with van der Waals surface area (Å²) in [5, 5.41) is 0. The lowest BCUT2D eigenvalue weighted by Crippen LogP contribution is -2.46. The number of hydrogen-bond donors (Lipinski definition) is 0. The summed E-state index contributed by atoms with van der Waals surface area (Å²) in [4.78, 5) is 25.9. The topological polar surface area (TPSA) is 55.8 Å². The normalized spacial score (nSPS) is 17.0. The van der Waals surface area contributed by atoms with Crippen LogP contribution in [0, 0.1) is 5.82 Å². The van der Waals surface area contributed by atoms with Crippen LogP contribution in [0.3, 0.4) is 0 Å². The van der Waals surface area contributed by atoms with Gasteiger partial charge in [0.2, 0.25) is 0 Å². The molecule has 1 heterocycles. The Balaban J connectivity index is 1.65. The molecule has 1 aliphatic heterocycles. The van der Waals surface area contributed by atoms with Crippen molar-refractivity contribution in [2.24, 2.45) is 0 Å². The van der Waals surface area contributed by atoms with Gasteiger partial charge in [-0.3, -0.25) is 4.79 Å². The van der Waals surface area contributed by atoms with Crippen LogP contribution in [0.2, 0.25) is 0 Å². The molecule has 1 aliphatic rings. The van der Waals surface area contributed by atoms with Gasteiger partial charge in [0.1, 0.15) is 5.82 Å². The quantitative estimate of drug-likeness (QED) is 0.790. The number of methoxy groups -OCH3 is 1. The van der Waals surface area contributed by atoms with Crippen molar-refractivity contribution in [3.05, 3.63) is 71.0 Å². The van der Waals surface area contributed by atoms with Crippen LogP contribution < -0.4 is 0 Å². The van der Waals surface area contributed by atoms with Gasteiger partial charge in [0, 0.05) is 25.1 Å². The van der Waals surface area contributed by atoms with Crippen molar-refractivity contribution < 1.29 is 23.5 Å². The Hall–Kier alpha value is -2.73. The molecule has 1 amide bonds. The van der Waals surface area contributed by atoms with E-state index in [1.54, 1.807) is 35.2 Å². The predicted molar refractivity (Wildman–Crippen MR) is 93.5 cm³/mol. The van der Waals surface area contributed by atoms with Crippen LogP contribution in [0.1, 0.15) is 26.3 Å². The first-order chi connectivity index (χ1) is 12.6. The summed E-state index contributed by atoms with van der Waals surface area (Å²) < 4.78 is 23.7. The maximum atomic E-state index is 13.3. The number of carbonyl (C=O) groups excluding carboxylic acids is 2. The van der Waals surface area contributed by atoms with Crippen molar-refractivity contribution in [1.29, 1.82) is 0 Å². The Bertz CT molecular complexity index is 791. The van der Waals surface area contributed by atoms with E-state index in [0.717, 1.165) is 5.56 Å². The number of hydrogen-bond acceptors (Lipinski definition) is 4. The van der Waals surface area contributed by atoms with Gasteiger partial charge in [0.15, 0.2) is 0 Å². The SMILES string of the molecule is COC(=O)c1ccc(C(=O)N2CCO[C@H](Cc3cccc(F)c3)C2)cc1. The van der Waals surface area contributed by atoms with Gasteiger partial charge in [-0.1, -0.05) is 12.1 Å². The molecule has 0 bridgehead atoms. The Morgan fingerprint density at radius 1 is 1.19 bits per heavy atom. The fourth-order valence-corrected chi connectivity index (χ4v) is 3.00. The van der Waals surface area contributed by atoms with Crippen LogP contribution in [-0.2, 0) is 15.9 Å². The Morgan fingerprint density at radius 3 is 2.62 bits per heavy atom. The van der Waals surface area contributed by atoms with E-state index in [1.807, 2.05) is 6.07 Å². The average molecular weight is 357 g/mol. The minimum Gasteiger partial charge on any atom is -0.465 e. The fraction of sp³-hybridized carbons (Fsp3) is 0.300. The highest BCUT2D eigenvalue weighted by Gasteiger charge is 2.25. The summed E-state index contributed by atoms with van der Waals surface area (Å²) in [6.45, 7) is 1.37. The molecule has 1 fully saturated rings. The molecular weight excluding hydrogens is 337 g/mol. The molecule has 0 spiro atoms. The Kier molecular flexibility index (Phi) is 5.63. The summed E-state index contributed by atoms with van der Waals surface area (Å²) in [6, 6.07) is 12.8. The van der Waals surface area contributed by atoms with E-state index in [4.69, 9.17) is 4.74 Å². The van der Waals surface area contributed by atoms with Crippen LogP contribution in [0.15, 0.2) is 48.5 Å². The number of esters is 1. The minimum absolute atomic E-state index is 0.117. The lowest BCUT2D eigenvalue weighted by molar-refractivity contribution is -0.0208. The molecule has 0 unspecified atom stereocenters. The number of nitrogens with zero attached hydrogens (tertiary/aromatic N) is 1. The third-order valence-corrected chi connectivity index (χ3v) is 4.33. The molecule has 3 rings (SSSR count). The summed E-state index contributed by atoms with van der Waals surface area (Å²) in [7, 11) is 1.31. The van der Waals surface area contributed by atoms with Crippen LogP contribution in [0.25, 0.3) is 0 Å². The van der Waals surface area contributed by atoms with Crippen molar-refractivity contribution in [2.75, 3.05) is 26.8 Å². The molecule has 1 saturated heterocycles. The third kappa shape index (κ3) is 4.26. The van der Waals surface area contributed by atoms with Gasteiger partial charge in [-0.25, -0.2) is 9.18 Å². The van der Waals surface area contributed by atoms with Gasteiger partial charge in [-0.05, 0) is 42.0 Å². The molecule has 0 saturated carbocycles. The van der Waals surface area contributed by atoms with Gasteiger partial charge in [0.05, 0.1) is 25.4 Å². The highest BCUT2D eigenvalue weighted by Crippen LogP contribution is 2.16. The molecule has 1 atom stereocenters. The summed E-state index contributed by atoms with van der Waals surface area (Å²) >= 11 is 0. The lowest BCUT2D eigenvalue weighted by atomic mass is 10.1. The van der Waals surface area contributed by atoms with E-state index in [9.17, 15) is 14.0 Å². The van der Waals surface area contributed by atoms with E-state index < -0.39 is 5.97 Å². The van der Waals surface area contributed by atoms with Crippen LogP contribution in [0.5, 0.6) is 0 Å². The predicted octanol–water partition coefficient (Wildman–Crippen LogP) is 2.70. The van der Waals surface area contributed by atoms with Gasteiger partial charge < -0.3 is 14.4 Å². The third-order valence-electron chi connectivity index (χ3n) is 4.33. The Morgan fingerprint density at radius 2 is 1.92 bits per heavy atom. The molecule has 0 radical (unpaired) electrons. The molecule has 26 heavy (non-hydrogen) atoms. The van der Waals surface area contributed by atoms with E-state index in [2.05, 4.69) is 4.74 Å². The zero-order chi connectivity index (χ0) is 18.5. The fourth-order valence-electron chi connectivity index (χ4n) is 3.00. The number of carbonyl (C=O) groups is 2. The van der Waals surface area contributed by atoms with Gasteiger partial charge in [-0.15, -0.1) is 0 Å². The number of morpholine rings is 1. The second kappa shape index (κ2) is 8.10. The zero-order valence-electron chi connectivity index (χ0n) is 14.5. The van der Waals surface area contributed by atoms with Crippen molar-refractivity contribution in [3.63, 3.8) is 0 Å². The lowest BCUT2D eigenvalue weighted by Gasteiger charge is -2.33. The van der Waals surface area contributed by atoms with E-state index >= 15 is 0 Å². The number of rotatable bonds is 4. The van der Waals surface area contributed by atoms with Crippen LogP contribution >= 0.6 is 0 Å². The second-order valence-electron chi connectivity index (χ2n) is 6.15. The van der Waals surface area contributed by atoms with Gasteiger partial charge >= 0.3 is 5.97 Å². The summed E-state index contributed by atoms with van der Waals surface area (Å²) in [5.41, 5.74) is 1.74. The Labute approximate surface area is 151 Å². The standard InChI is InChI=1S/C20H20FNO4/c1-25-20(24)16-7-5-15(6-8-16)19(23)22-9-10-26-18(13-22)12-14-3-2-4-17(21)11-14/h2-8,11,18H,9-10,12-13H2,1H3/t18-/m1/s1. The first-order valence-electron chi connectivity index (χ1n) is 8.40. The number of amides is 1. The average Bonchev–Trinajstić information content (AvgIpc) is 2.67. The monoisotopic (exact) mass is 357 g/mol. The van der Waals surface area contributed by atoms with Gasteiger partial charge in [-0.2, -0.15) is 0 Å². The van der Waals surface area contributed by atoms with Crippen LogP contribution in [-0.4, -0.2) is 49.7 Å².